The average molecular weight is 170 g/mol. The maximum atomic E-state index is 10.9. The van der Waals surface area contributed by atoms with Gasteiger partial charge in [-0.05, 0) is 13.3 Å². The fraction of sp³-hybridized carbons (Fsp3) is 0.556. The highest BCUT2D eigenvalue weighted by Gasteiger charge is 2.13. The maximum absolute atomic E-state index is 10.9. The van der Waals surface area contributed by atoms with Gasteiger partial charge in [-0.1, -0.05) is 6.08 Å². The second-order valence-electron chi connectivity index (χ2n) is 2.63. The number of ketones is 1. The first kappa shape index (κ1) is 10.9. The molecular formula is C9H14O3. The van der Waals surface area contributed by atoms with Crippen molar-refractivity contribution in [3.05, 3.63) is 12.7 Å². The zero-order valence-electron chi connectivity index (χ0n) is 7.50. The van der Waals surface area contributed by atoms with Crippen molar-refractivity contribution < 1.29 is 14.3 Å². The number of carbonyl (C=O) groups excluding carboxylic acids is 2. The molecule has 0 spiro atoms. The van der Waals surface area contributed by atoms with Crippen molar-refractivity contribution in [1.82, 2.24) is 0 Å². The van der Waals surface area contributed by atoms with Crippen LogP contribution in [0.1, 0.15) is 20.3 Å². The van der Waals surface area contributed by atoms with Crippen LogP contribution < -0.4 is 0 Å². The van der Waals surface area contributed by atoms with Gasteiger partial charge in [-0.25, -0.2) is 0 Å². The number of rotatable bonds is 5. The van der Waals surface area contributed by atoms with Crippen LogP contribution in [-0.4, -0.2) is 18.4 Å². The van der Waals surface area contributed by atoms with E-state index in [2.05, 4.69) is 6.58 Å². The van der Waals surface area contributed by atoms with E-state index in [1.807, 2.05) is 0 Å². The normalized spacial score (nSPS) is 11.8. The highest BCUT2D eigenvalue weighted by molar-refractivity contribution is 5.79. The Morgan fingerprint density at radius 1 is 1.50 bits per heavy atom. The van der Waals surface area contributed by atoms with Crippen molar-refractivity contribution in [3.63, 3.8) is 0 Å². The van der Waals surface area contributed by atoms with Crippen LogP contribution in [0.25, 0.3) is 0 Å². The molecule has 0 amide bonds. The largest absolute Gasteiger partial charge is 0.465 e. The van der Waals surface area contributed by atoms with Gasteiger partial charge < -0.3 is 4.74 Å². The molecule has 0 saturated heterocycles. The first-order chi connectivity index (χ1) is 5.57. The Morgan fingerprint density at radius 2 is 2.08 bits per heavy atom. The Labute approximate surface area is 72.4 Å². The van der Waals surface area contributed by atoms with Crippen molar-refractivity contribution in [3.8, 4) is 0 Å². The summed E-state index contributed by atoms with van der Waals surface area (Å²) >= 11 is 0. The van der Waals surface area contributed by atoms with Crippen LogP contribution in [-0.2, 0) is 14.3 Å². The number of Topliss-reactive ketones (excluding diaryl/α,β-unsaturated/α-hetero) is 1. The third-order valence-corrected chi connectivity index (χ3v) is 1.51. The third kappa shape index (κ3) is 4.66. The van der Waals surface area contributed by atoms with Gasteiger partial charge in [0.2, 0.25) is 0 Å². The Bertz CT molecular complexity index is 184. The molecule has 0 bridgehead atoms. The molecule has 0 radical (unpaired) electrons. The molecule has 68 valence electrons. The van der Waals surface area contributed by atoms with E-state index < -0.39 is 0 Å². The topological polar surface area (TPSA) is 43.4 Å². The minimum atomic E-state index is -0.356. The second-order valence-corrected chi connectivity index (χ2v) is 2.63. The lowest BCUT2D eigenvalue weighted by Gasteiger charge is -2.10. The monoisotopic (exact) mass is 170 g/mol. The SMILES string of the molecule is C=CCC(COC(C)=O)C(C)=O. The lowest BCUT2D eigenvalue weighted by Crippen LogP contribution is -2.18. The van der Waals surface area contributed by atoms with Crippen LogP contribution >= 0.6 is 0 Å². The van der Waals surface area contributed by atoms with E-state index in [1.165, 1.54) is 13.8 Å². The molecule has 0 N–H and O–H groups in total. The molecule has 0 aliphatic heterocycles. The van der Waals surface area contributed by atoms with Gasteiger partial charge in [-0.3, -0.25) is 9.59 Å². The summed E-state index contributed by atoms with van der Waals surface area (Å²) in [6, 6.07) is 0. The number of carbonyl (C=O) groups is 2. The van der Waals surface area contributed by atoms with Crippen LogP contribution in [0.2, 0.25) is 0 Å². The molecule has 3 heteroatoms. The van der Waals surface area contributed by atoms with Gasteiger partial charge in [0.1, 0.15) is 12.4 Å². The van der Waals surface area contributed by atoms with E-state index in [0.717, 1.165) is 0 Å². The molecule has 0 rings (SSSR count). The summed E-state index contributed by atoms with van der Waals surface area (Å²) in [5.41, 5.74) is 0. The molecule has 0 aliphatic carbocycles. The molecular weight excluding hydrogens is 156 g/mol. The number of hydrogen-bond donors (Lipinski definition) is 0. The van der Waals surface area contributed by atoms with Gasteiger partial charge in [0.15, 0.2) is 0 Å². The number of allylic oxidation sites excluding steroid dienone is 1. The summed E-state index contributed by atoms with van der Waals surface area (Å²) in [6.07, 6.45) is 2.21. The van der Waals surface area contributed by atoms with Crippen molar-refractivity contribution in [2.45, 2.75) is 20.3 Å². The average Bonchev–Trinajstić information content (AvgIpc) is 1.96. The van der Waals surface area contributed by atoms with Gasteiger partial charge in [-0.2, -0.15) is 0 Å². The van der Waals surface area contributed by atoms with Crippen LogP contribution in [0.15, 0.2) is 12.7 Å². The van der Waals surface area contributed by atoms with E-state index in [9.17, 15) is 9.59 Å². The Balaban J connectivity index is 3.86. The van der Waals surface area contributed by atoms with E-state index >= 15 is 0 Å². The first-order valence-corrected chi connectivity index (χ1v) is 3.82. The fourth-order valence-electron chi connectivity index (χ4n) is 0.770. The van der Waals surface area contributed by atoms with Crippen LogP contribution in [0, 0.1) is 5.92 Å². The number of ether oxygens (including phenoxy) is 1. The summed E-state index contributed by atoms with van der Waals surface area (Å²) in [5, 5.41) is 0. The van der Waals surface area contributed by atoms with Crippen LogP contribution in [0.5, 0.6) is 0 Å². The summed E-state index contributed by atoms with van der Waals surface area (Å²) in [6.45, 7) is 6.49. The van der Waals surface area contributed by atoms with Crippen molar-refractivity contribution in [1.29, 1.82) is 0 Å². The van der Waals surface area contributed by atoms with Gasteiger partial charge in [-0.15, -0.1) is 6.58 Å². The molecule has 0 fully saturated rings. The smallest absolute Gasteiger partial charge is 0.302 e. The molecule has 0 heterocycles. The Kier molecular flexibility index (Phi) is 5.00. The maximum Gasteiger partial charge on any atom is 0.302 e. The zero-order valence-corrected chi connectivity index (χ0v) is 7.50. The third-order valence-electron chi connectivity index (χ3n) is 1.51. The molecule has 0 aromatic carbocycles. The molecule has 0 aliphatic rings. The highest BCUT2D eigenvalue weighted by atomic mass is 16.5. The molecule has 1 atom stereocenters. The molecule has 12 heavy (non-hydrogen) atoms. The molecule has 0 saturated carbocycles. The second kappa shape index (κ2) is 5.52. The summed E-state index contributed by atoms with van der Waals surface area (Å²) in [5.74, 6) is -0.562. The van der Waals surface area contributed by atoms with Gasteiger partial charge in [0.05, 0.1) is 5.92 Å². The lowest BCUT2D eigenvalue weighted by molar-refractivity contribution is -0.143. The Morgan fingerprint density at radius 3 is 2.42 bits per heavy atom. The van der Waals surface area contributed by atoms with E-state index in [-0.39, 0.29) is 24.3 Å². The van der Waals surface area contributed by atoms with E-state index in [1.54, 1.807) is 6.08 Å². The minimum absolute atomic E-state index is 0.0242. The van der Waals surface area contributed by atoms with Crippen molar-refractivity contribution >= 4 is 11.8 Å². The predicted molar refractivity (Wildman–Crippen MR) is 45.6 cm³/mol. The van der Waals surface area contributed by atoms with Gasteiger partial charge in [0, 0.05) is 6.92 Å². The minimum Gasteiger partial charge on any atom is -0.465 e. The zero-order chi connectivity index (χ0) is 9.56. The summed E-state index contributed by atoms with van der Waals surface area (Å²) < 4.78 is 4.71. The van der Waals surface area contributed by atoms with Gasteiger partial charge in [0.25, 0.3) is 0 Å². The fourth-order valence-corrected chi connectivity index (χ4v) is 0.770. The van der Waals surface area contributed by atoms with Crippen molar-refractivity contribution in [2.75, 3.05) is 6.61 Å². The molecule has 3 nitrogen and oxygen atoms in total. The highest BCUT2D eigenvalue weighted by Crippen LogP contribution is 2.05. The lowest BCUT2D eigenvalue weighted by atomic mass is 10.0. The number of esters is 1. The van der Waals surface area contributed by atoms with Crippen molar-refractivity contribution in [2.24, 2.45) is 5.92 Å². The summed E-state index contributed by atoms with van der Waals surface area (Å²) in [7, 11) is 0. The molecule has 0 aromatic heterocycles. The summed E-state index contributed by atoms with van der Waals surface area (Å²) in [4.78, 5) is 21.3. The quantitative estimate of drug-likeness (QED) is 0.462. The van der Waals surface area contributed by atoms with E-state index in [4.69, 9.17) is 4.74 Å². The first-order valence-electron chi connectivity index (χ1n) is 3.82. The van der Waals surface area contributed by atoms with E-state index in [0.29, 0.717) is 6.42 Å². The van der Waals surface area contributed by atoms with Gasteiger partial charge >= 0.3 is 5.97 Å². The standard InChI is InChI=1S/C9H14O3/c1-4-5-9(7(2)10)6-12-8(3)11/h4,9H,1,5-6H2,2-3H3. The Hall–Kier alpha value is -1.12. The predicted octanol–water partition coefficient (Wildman–Crippen LogP) is 1.33. The van der Waals surface area contributed by atoms with Crippen LogP contribution in [0.4, 0.5) is 0 Å². The molecule has 0 aromatic rings. The molecule has 1 unspecified atom stereocenters. The van der Waals surface area contributed by atoms with Crippen LogP contribution in [0.3, 0.4) is 0 Å². The number of hydrogen-bond acceptors (Lipinski definition) is 3.